The van der Waals surface area contributed by atoms with Gasteiger partial charge in [-0.05, 0) is 50.6 Å². The Morgan fingerprint density at radius 3 is 2.32 bits per heavy atom. The van der Waals surface area contributed by atoms with Gasteiger partial charge in [-0.15, -0.1) is 0 Å². The first kappa shape index (κ1) is 20.0. The molecule has 0 radical (unpaired) electrons. The minimum absolute atomic E-state index is 0.0282. The van der Waals surface area contributed by atoms with Gasteiger partial charge in [0.15, 0.2) is 0 Å². The van der Waals surface area contributed by atoms with Crippen molar-refractivity contribution in [1.82, 2.24) is 4.90 Å². The van der Waals surface area contributed by atoms with E-state index in [1.807, 2.05) is 13.0 Å². The molecule has 1 heterocycles. The highest BCUT2D eigenvalue weighted by Gasteiger charge is 2.44. The van der Waals surface area contributed by atoms with Crippen LogP contribution < -0.4 is 5.32 Å². The molecule has 0 aromatic heterocycles. The van der Waals surface area contributed by atoms with Gasteiger partial charge < -0.3 is 10.1 Å². The molecule has 0 bridgehead atoms. The Labute approximate surface area is 168 Å². The molecule has 3 amide bonds. The number of carbonyl (C=O) groups excluding carboxylic acids is 3. The van der Waals surface area contributed by atoms with Gasteiger partial charge in [-0.25, -0.2) is 0 Å². The summed E-state index contributed by atoms with van der Waals surface area (Å²) in [7, 11) is 0. The molecule has 2 aromatic carbocycles. The monoisotopic (exact) mass is 400 g/mol. The highest BCUT2D eigenvalue weighted by molar-refractivity contribution is 6.31. The van der Waals surface area contributed by atoms with Crippen LogP contribution in [0.5, 0.6) is 0 Å². The molecule has 0 saturated carbocycles. The van der Waals surface area contributed by atoms with Crippen LogP contribution in [-0.4, -0.2) is 41.4 Å². The highest BCUT2D eigenvalue weighted by atomic mass is 35.5. The van der Waals surface area contributed by atoms with Gasteiger partial charge in [-0.2, -0.15) is 0 Å². The molecule has 3 rings (SSSR count). The Morgan fingerprint density at radius 1 is 1.11 bits per heavy atom. The average Bonchev–Trinajstić information content (AvgIpc) is 2.90. The zero-order chi connectivity index (χ0) is 20.5. The van der Waals surface area contributed by atoms with Crippen molar-refractivity contribution in [3.8, 4) is 0 Å². The van der Waals surface area contributed by atoms with E-state index in [9.17, 15) is 14.4 Å². The number of carbonyl (C=O) groups is 3. The molecule has 7 heteroatoms. The van der Waals surface area contributed by atoms with Gasteiger partial charge in [-0.3, -0.25) is 19.3 Å². The Kier molecular flexibility index (Phi) is 5.54. The number of amides is 3. The number of hydrogen-bond donors (Lipinski definition) is 1. The minimum Gasteiger partial charge on any atom is -0.369 e. The number of rotatable bonds is 6. The molecule has 2 aromatic rings. The Morgan fingerprint density at radius 2 is 1.71 bits per heavy atom. The van der Waals surface area contributed by atoms with Gasteiger partial charge >= 0.3 is 0 Å². The van der Waals surface area contributed by atoms with Crippen LogP contribution in [0.3, 0.4) is 0 Å². The molecule has 6 nitrogen and oxygen atoms in total. The SMILES string of the molecule is Cc1ccc(Cl)cc1NC(=O)COCC(C)(C)N1C(=O)c2ccccc2C1=O. The molecule has 0 atom stereocenters. The van der Waals surface area contributed by atoms with Gasteiger partial charge in [0.25, 0.3) is 11.8 Å². The first-order chi connectivity index (χ1) is 13.2. The third kappa shape index (κ3) is 3.93. The summed E-state index contributed by atoms with van der Waals surface area (Å²) in [6.07, 6.45) is 0. The topological polar surface area (TPSA) is 75.7 Å². The quantitative estimate of drug-likeness (QED) is 0.750. The summed E-state index contributed by atoms with van der Waals surface area (Å²) in [5, 5.41) is 3.26. The average molecular weight is 401 g/mol. The summed E-state index contributed by atoms with van der Waals surface area (Å²) < 4.78 is 5.52. The number of benzene rings is 2. The lowest BCUT2D eigenvalue weighted by Gasteiger charge is -2.33. The second kappa shape index (κ2) is 7.73. The standard InChI is InChI=1S/C21H21ClN2O4/c1-13-8-9-14(22)10-17(13)23-18(25)11-28-12-21(2,3)24-19(26)15-6-4-5-7-16(15)20(24)27/h4-10H,11-12H2,1-3H3,(H,23,25). The maximum absolute atomic E-state index is 12.6. The first-order valence-corrected chi connectivity index (χ1v) is 9.20. The zero-order valence-corrected chi connectivity index (χ0v) is 16.7. The number of nitrogens with zero attached hydrogens (tertiary/aromatic N) is 1. The van der Waals surface area contributed by atoms with Gasteiger partial charge in [0.05, 0.1) is 23.3 Å². The van der Waals surface area contributed by atoms with E-state index in [0.29, 0.717) is 21.8 Å². The Bertz CT molecular complexity index is 920. The summed E-state index contributed by atoms with van der Waals surface area (Å²) in [5.41, 5.74) is 1.36. The molecule has 1 N–H and O–H groups in total. The number of anilines is 1. The molecule has 1 aliphatic rings. The maximum atomic E-state index is 12.6. The predicted molar refractivity (Wildman–Crippen MR) is 107 cm³/mol. The third-order valence-electron chi connectivity index (χ3n) is 4.56. The molecular formula is C21H21ClN2O4. The lowest BCUT2D eigenvalue weighted by molar-refractivity contribution is -0.121. The Hall–Kier alpha value is -2.70. The molecule has 0 spiro atoms. The van der Waals surface area contributed by atoms with Crippen LogP contribution in [-0.2, 0) is 9.53 Å². The largest absolute Gasteiger partial charge is 0.369 e. The summed E-state index contributed by atoms with van der Waals surface area (Å²) in [6, 6.07) is 11.9. The normalized spacial score (nSPS) is 13.6. The van der Waals surface area contributed by atoms with Crippen LogP contribution in [0, 0.1) is 6.92 Å². The lowest BCUT2D eigenvalue weighted by atomic mass is 10.0. The van der Waals surface area contributed by atoms with Crippen molar-refractivity contribution in [1.29, 1.82) is 0 Å². The highest BCUT2D eigenvalue weighted by Crippen LogP contribution is 2.29. The van der Waals surface area contributed by atoms with Crippen molar-refractivity contribution in [2.75, 3.05) is 18.5 Å². The molecule has 0 fully saturated rings. The summed E-state index contributed by atoms with van der Waals surface area (Å²) >= 11 is 5.95. The van der Waals surface area contributed by atoms with Crippen molar-refractivity contribution < 1.29 is 19.1 Å². The summed E-state index contributed by atoms with van der Waals surface area (Å²) in [6.45, 7) is 5.14. The molecule has 1 aliphatic heterocycles. The van der Waals surface area contributed by atoms with Crippen LogP contribution >= 0.6 is 11.6 Å². The van der Waals surface area contributed by atoms with Crippen molar-refractivity contribution in [2.45, 2.75) is 26.3 Å². The van der Waals surface area contributed by atoms with Crippen molar-refractivity contribution >= 4 is 35.0 Å². The van der Waals surface area contributed by atoms with E-state index < -0.39 is 5.54 Å². The molecule has 0 aliphatic carbocycles. The molecule has 0 unspecified atom stereocenters. The fourth-order valence-electron chi connectivity index (χ4n) is 3.11. The minimum atomic E-state index is -0.903. The molecule has 146 valence electrons. The number of halogens is 1. The molecular weight excluding hydrogens is 380 g/mol. The second-order valence-corrected chi connectivity index (χ2v) is 7.74. The third-order valence-corrected chi connectivity index (χ3v) is 4.80. The van der Waals surface area contributed by atoms with E-state index in [1.165, 1.54) is 4.90 Å². The smallest absolute Gasteiger partial charge is 0.262 e. The van der Waals surface area contributed by atoms with Crippen molar-refractivity contribution in [3.63, 3.8) is 0 Å². The van der Waals surface area contributed by atoms with E-state index in [1.54, 1.807) is 50.2 Å². The van der Waals surface area contributed by atoms with Crippen LogP contribution in [0.1, 0.15) is 40.1 Å². The summed E-state index contributed by atoms with van der Waals surface area (Å²) in [5.74, 6) is -1.05. The van der Waals surface area contributed by atoms with Gasteiger partial charge in [0.1, 0.15) is 6.61 Å². The predicted octanol–water partition coefficient (Wildman–Crippen LogP) is 3.68. The molecule has 28 heavy (non-hydrogen) atoms. The zero-order valence-electron chi connectivity index (χ0n) is 15.9. The van der Waals surface area contributed by atoms with Crippen LogP contribution in [0.4, 0.5) is 5.69 Å². The second-order valence-electron chi connectivity index (χ2n) is 7.30. The molecule has 0 saturated heterocycles. The van der Waals surface area contributed by atoms with Gasteiger partial charge in [0.2, 0.25) is 5.91 Å². The fourth-order valence-corrected chi connectivity index (χ4v) is 3.28. The fraction of sp³-hybridized carbons (Fsp3) is 0.286. The van der Waals surface area contributed by atoms with Crippen LogP contribution in [0.2, 0.25) is 5.02 Å². The van der Waals surface area contributed by atoms with E-state index in [2.05, 4.69) is 5.32 Å². The number of fused-ring (bicyclic) bond motifs is 1. The van der Waals surface area contributed by atoms with Crippen molar-refractivity contribution in [3.05, 3.63) is 64.2 Å². The van der Waals surface area contributed by atoms with Crippen molar-refractivity contribution in [2.24, 2.45) is 0 Å². The Balaban J connectivity index is 1.60. The lowest BCUT2D eigenvalue weighted by Crippen LogP contribution is -2.50. The van der Waals surface area contributed by atoms with Gasteiger partial charge in [0, 0.05) is 10.7 Å². The first-order valence-electron chi connectivity index (χ1n) is 8.82. The number of ether oxygens (including phenoxy) is 1. The maximum Gasteiger partial charge on any atom is 0.262 e. The van der Waals surface area contributed by atoms with Crippen LogP contribution in [0.15, 0.2) is 42.5 Å². The number of imide groups is 1. The van der Waals surface area contributed by atoms with E-state index in [0.717, 1.165) is 5.56 Å². The van der Waals surface area contributed by atoms with Gasteiger partial charge in [-0.1, -0.05) is 29.8 Å². The van der Waals surface area contributed by atoms with E-state index in [-0.39, 0.29) is 30.9 Å². The van der Waals surface area contributed by atoms with E-state index in [4.69, 9.17) is 16.3 Å². The number of aryl methyl sites for hydroxylation is 1. The van der Waals surface area contributed by atoms with Crippen LogP contribution in [0.25, 0.3) is 0 Å². The summed E-state index contributed by atoms with van der Waals surface area (Å²) in [4.78, 5) is 38.6. The van der Waals surface area contributed by atoms with E-state index >= 15 is 0 Å². The number of nitrogens with one attached hydrogen (secondary N) is 1. The number of hydrogen-bond acceptors (Lipinski definition) is 4.